The van der Waals surface area contributed by atoms with E-state index < -0.39 is 5.91 Å². The van der Waals surface area contributed by atoms with Crippen molar-refractivity contribution in [2.45, 2.75) is 0 Å². The number of carbonyl (C=O) groups is 1. The molecular weight excluding hydrogens is 313 g/mol. The lowest BCUT2D eigenvalue weighted by atomic mass is 10.2. The zero-order valence-electron chi connectivity index (χ0n) is 10.5. The Labute approximate surface area is 129 Å². The molecule has 0 aliphatic carbocycles. The summed E-state index contributed by atoms with van der Waals surface area (Å²) >= 11 is 12.0. The van der Waals surface area contributed by atoms with Crippen molar-refractivity contribution in [1.29, 1.82) is 0 Å². The molecule has 3 rings (SSSR count). The third-order valence-corrected chi connectivity index (χ3v) is 3.38. The van der Waals surface area contributed by atoms with Gasteiger partial charge in [-0.05, 0) is 12.1 Å². The fourth-order valence-electron chi connectivity index (χ4n) is 1.80. The Morgan fingerprint density at radius 3 is 2.67 bits per heavy atom. The number of benzene rings is 1. The molecule has 0 aliphatic rings. The van der Waals surface area contributed by atoms with Gasteiger partial charge in [-0.2, -0.15) is 10.2 Å². The predicted octanol–water partition coefficient (Wildman–Crippen LogP) is 3.15. The first-order valence-corrected chi connectivity index (χ1v) is 6.71. The van der Waals surface area contributed by atoms with Gasteiger partial charge in [-0.25, -0.2) is 4.68 Å². The van der Waals surface area contributed by atoms with E-state index in [0.29, 0.717) is 21.6 Å². The molecule has 0 atom stereocenters. The molecule has 106 valence electrons. The Morgan fingerprint density at radius 2 is 2.00 bits per heavy atom. The normalized spacial score (nSPS) is 10.6. The van der Waals surface area contributed by atoms with Crippen LogP contribution in [0.1, 0.15) is 10.4 Å². The van der Waals surface area contributed by atoms with E-state index in [0.717, 1.165) is 0 Å². The topological polar surface area (TPSA) is 75.6 Å². The molecule has 2 aromatic heterocycles. The average Bonchev–Trinajstić information content (AvgIpc) is 3.08. The number of aromatic amines is 1. The van der Waals surface area contributed by atoms with E-state index in [1.807, 2.05) is 0 Å². The highest BCUT2D eigenvalue weighted by Crippen LogP contribution is 2.25. The summed E-state index contributed by atoms with van der Waals surface area (Å²) in [7, 11) is 0. The molecule has 0 spiro atoms. The van der Waals surface area contributed by atoms with Crippen LogP contribution in [0.2, 0.25) is 10.0 Å². The fourth-order valence-corrected chi connectivity index (χ4v) is 2.37. The van der Waals surface area contributed by atoms with Gasteiger partial charge in [0.25, 0.3) is 5.91 Å². The van der Waals surface area contributed by atoms with Crippen molar-refractivity contribution in [2.75, 3.05) is 5.32 Å². The van der Waals surface area contributed by atoms with Gasteiger partial charge in [0, 0.05) is 12.3 Å². The smallest absolute Gasteiger partial charge is 0.258 e. The molecule has 0 radical (unpaired) electrons. The molecule has 1 aromatic carbocycles. The van der Waals surface area contributed by atoms with Crippen molar-refractivity contribution in [3.8, 4) is 5.82 Å². The van der Waals surface area contributed by atoms with Gasteiger partial charge in [-0.1, -0.05) is 29.3 Å². The summed E-state index contributed by atoms with van der Waals surface area (Å²) in [5.74, 6) is 0.221. The molecule has 0 fully saturated rings. The molecule has 1 amide bonds. The Morgan fingerprint density at radius 1 is 1.24 bits per heavy atom. The summed E-state index contributed by atoms with van der Waals surface area (Å²) in [5.41, 5.74) is 0.743. The largest absolute Gasteiger partial charge is 0.319 e. The van der Waals surface area contributed by atoms with Gasteiger partial charge in [0.05, 0.1) is 33.7 Å². The minimum atomic E-state index is -0.396. The third kappa shape index (κ3) is 2.76. The minimum absolute atomic E-state index is 0.230. The summed E-state index contributed by atoms with van der Waals surface area (Å²) in [4.78, 5) is 12.2. The van der Waals surface area contributed by atoms with Gasteiger partial charge in [0.2, 0.25) is 0 Å². The van der Waals surface area contributed by atoms with Crippen LogP contribution in [0.25, 0.3) is 5.82 Å². The number of hydrogen-bond acceptors (Lipinski definition) is 3. The maximum absolute atomic E-state index is 12.2. The standard InChI is InChI=1S/C13H9Cl2N5O/c14-9-2-1-3-10(15)12(9)13(21)18-8-6-17-20(7-8)11-4-5-16-19-11/h1-7H,(H,16,19)(H,18,21). The molecular formula is C13H9Cl2N5O. The van der Waals surface area contributed by atoms with E-state index in [4.69, 9.17) is 23.2 Å². The summed E-state index contributed by atoms with van der Waals surface area (Å²) in [6, 6.07) is 6.64. The fraction of sp³-hybridized carbons (Fsp3) is 0. The maximum atomic E-state index is 12.2. The Bertz CT molecular complexity index is 761. The summed E-state index contributed by atoms with van der Waals surface area (Å²) in [5, 5.41) is 14.1. The second-order valence-electron chi connectivity index (χ2n) is 4.16. The maximum Gasteiger partial charge on any atom is 0.258 e. The van der Waals surface area contributed by atoms with E-state index in [9.17, 15) is 4.79 Å². The van der Waals surface area contributed by atoms with Crippen LogP contribution >= 0.6 is 23.2 Å². The monoisotopic (exact) mass is 321 g/mol. The van der Waals surface area contributed by atoms with E-state index in [1.54, 1.807) is 36.7 Å². The number of nitrogens with one attached hydrogen (secondary N) is 2. The molecule has 2 N–H and O–H groups in total. The number of aromatic nitrogens is 4. The Hall–Kier alpha value is -2.31. The lowest BCUT2D eigenvalue weighted by molar-refractivity contribution is 0.102. The van der Waals surface area contributed by atoms with E-state index in [-0.39, 0.29) is 5.56 Å². The van der Waals surface area contributed by atoms with Crippen molar-refractivity contribution in [3.63, 3.8) is 0 Å². The summed E-state index contributed by atoms with van der Waals surface area (Å²) < 4.78 is 1.53. The number of anilines is 1. The SMILES string of the molecule is O=C(Nc1cnn(-c2cc[nH]n2)c1)c1c(Cl)cccc1Cl. The highest BCUT2D eigenvalue weighted by Gasteiger charge is 2.15. The van der Waals surface area contributed by atoms with Crippen LogP contribution in [0.3, 0.4) is 0 Å². The van der Waals surface area contributed by atoms with Crippen molar-refractivity contribution >= 4 is 34.8 Å². The Kier molecular flexibility index (Phi) is 3.64. The van der Waals surface area contributed by atoms with E-state index >= 15 is 0 Å². The lowest BCUT2D eigenvalue weighted by Gasteiger charge is -2.06. The summed E-state index contributed by atoms with van der Waals surface area (Å²) in [6.45, 7) is 0. The van der Waals surface area contributed by atoms with Gasteiger partial charge in [-0.3, -0.25) is 9.89 Å². The molecule has 2 heterocycles. The first-order valence-electron chi connectivity index (χ1n) is 5.95. The molecule has 0 aliphatic heterocycles. The molecule has 21 heavy (non-hydrogen) atoms. The number of hydrogen-bond donors (Lipinski definition) is 2. The highest BCUT2D eigenvalue weighted by molar-refractivity contribution is 6.40. The van der Waals surface area contributed by atoms with Gasteiger partial charge >= 0.3 is 0 Å². The molecule has 3 aromatic rings. The number of carbonyl (C=O) groups excluding carboxylic acids is 1. The number of halogens is 2. The molecule has 6 nitrogen and oxygen atoms in total. The van der Waals surface area contributed by atoms with Crippen molar-refractivity contribution in [1.82, 2.24) is 20.0 Å². The van der Waals surface area contributed by atoms with Crippen LogP contribution in [-0.4, -0.2) is 25.9 Å². The van der Waals surface area contributed by atoms with Crippen LogP contribution in [0.15, 0.2) is 42.9 Å². The predicted molar refractivity (Wildman–Crippen MR) is 80.1 cm³/mol. The number of nitrogens with zero attached hydrogens (tertiary/aromatic N) is 3. The zero-order valence-corrected chi connectivity index (χ0v) is 12.1. The minimum Gasteiger partial charge on any atom is -0.319 e. The highest BCUT2D eigenvalue weighted by atomic mass is 35.5. The van der Waals surface area contributed by atoms with Crippen LogP contribution in [0.5, 0.6) is 0 Å². The first kappa shape index (κ1) is 13.7. The quantitative estimate of drug-likeness (QED) is 0.778. The van der Waals surface area contributed by atoms with Gasteiger partial charge < -0.3 is 5.32 Å². The molecule has 0 saturated carbocycles. The Balaban J connectivity index is 1.82. The van der Waals surface area contributed by atoms with Crippen LogP contribution in [0.4, 0.5) is 5.69 Å². The average molecular weight is 322 g/mol. The number of rotatable bonds is 3. The third-order valence-electron chi connectivity index (χ3n) is 2.75. The van der Waals surface area contributed by atoms with Crippen molar-refractivity contribution in [2.24, 2.45) is 0 Å². The van der Waals surface area contributed by atoms with E-state index in [2.05, 4.69) is 20.6 Å². The van der Waals surface area contributed by atoms with Crippen molar-refractivity contribution < 1.29 is 4.79 Å². The second-order valence-corrected chi connectivity index (χ2v) is 4.97. The van der Waals surface area contributed by atoms with Gasteiger partial charge in [0.15, 0.2) is 5.82 Å². The number of amides is 1. The van der Waals surface area contributed by atoms with E-state index in [1.165, 1.54) is 10.9 Å². The first-order chi connectivity index (χ1) is 10.1. The van der Waals surface area contributed by atoms with Gasteiger partial charge in [-0.15, -0.1) is 0 Å². The zero-order chi connectivity index (χ0) is 14.8. The molecule has 0 unspecified atom stereocenters. The van der Waals surface area contributed by atoms with Gasteiger partial charge in [0.1, 0.15) is 0 Å². The van der Waals surface area contributed by atoms with Crippen LogP contribution < -0.4 is 5.32 Å². The molecule has 0 bridgehead atoms. The van der Waals surface area contributed by atoms with Crippen LogP contribution in [-0.2, 0) is 0 Å². The second kappa shape index (κ2) is 5.59. The summed E-state index contributed by atoms with van der Waals surface area (Å²) in [6.07, 6.45) is 4.83. The molecule has 0 saturated heterocycles. The van der Waals surface area contributed by atoms with Crippen LogP contribution in [0, 0.1) is 0 Å². The lowest BCUT2D eigenvalue weighted by Crippen LogP contribution is -2.12. The van der Waals surface area contributed by atoms with Crippen molar-refractivity contribution in [3.05, 3.63) is 58.5 Å². The number of H-pyrrole nitrogens is 1. The molecule has 8 heteroatoms.